The summed E-state index contributed by atoms with van der Waals surface area (Å²) in [6.45, 7) is 1.74. The second-order valence-electron chi connectivity index (χ2n) is 5.58. The lowest BCUT2D eigenvalue weighted by Crippen LogP contribution is -2.46. The van der Waals surface area contributed by atoms with Gasteiger partial charge in [-0.05, 0) is 53.4 Å². The van der Waals surface area contributed by atoms with Gasteiger partial charge in [0.05, 0.1) is 17.0 Å². The van der Waals surface area contributed by atoms with E-state index in [1.807, 2.05) is 0 Å². The molecule has 1 aliphatic rings. The van der Waals surface area contributed by atoms with E-state index in [0.717, 1.165) is 12.8 Å². The predicted molar refractivity (Wildman–Crippen MR) is 86.5 cm³/mol. The monoisotopic (exact) mass is 376 g/mol. The highest BCUT2D eigenvalue weighted by atomic mass is 79.9. The highest BCUT2D eigenvalue weighted by molar-refractivity contribution is 9.10. The van der Waals surface area contributed by atoms with E-state index in [2.05, 4.69) is 15.9 Å². The first-order valence-electron chi connectivity index (χ1n) is 6.97. The molecule has 3 N–H and O–H groups in total. The fourth-order valence-electron chi connectivity index (χ4n) is 2.80. The maximum atomic E-state index is 12.8. The molecule has 1 aromatic rings. The summed E-state index contributed by atoms with van der Waals surface area (Å²) in [5, 5.41) is 10.1. The van der Waals surface area contributed by atoms with Crippen LogP contribution in [0.5, 0.6) is 0 Å². The van der Waals surface area contributed by atoms with E-state index in [1.165, 1.54) is 17.4 Å². The van der Waals surface area contributed by atoms with E-state index in [4.69, 9.17) is 5.73 Å². The average Bonchev–Trinajstić information content (AvgIpc) is 2.42. The van der Waals surface area contributed by atoms with E-state index in [1.54, 1.807) is 13.0 Å². The molecule has 2 unspecified atom stereocenters. The number of nitrogens with zero attached hydrogens (tertiary/aromatic N) is 1. The molecule has 1 aromatic carbocycles. The first-order valence-corrected chi connectivity index (χ1v) is 9.20. The molecular weight excluding hydrogens is 356 g/mol. The number of nitrogens with two attached hydrogens (primary N) is 1. The summed E-state index contributed by atoms with van der Waals surface area (Å²) in [6.07, 6.45) is 2.60. The molecule has 7 heteroatoms. The van der Waals surface area contributed by atoms with Gasteiger partial charge in [-0.15, -0.1) is 0 Å². The van der Waals surface area contributed by atoms with Gasteiger partial charge >= 0.3 is 0 Å². The van der Waals surface area contributed by atoms with Crippen LogP contribution in [-0.2, 0) is 10.0 Å². The van der Waals surface area contributed by atoms with Gasteiger partial charge in [0.15, 0.2) is 0 Å². The number of aliphatic hydroxyl groups excluding tert-OH is 1. The lowest BCUT2D eigenvalue weighted by atomic mass is 9.93. The van der Waals surface area contributed by atoms with Gasteiger partial charge in [-0.2, -0.15) is 4.31 Å². The van der Waals surface area contributed by atoms with Gasteiger partial charge in [0, 0.05) is 17.2 Å². The number of anilines is 1. The van der Waals surface area contributed by atoms with Crippen LogP contribution in [0.1, 0.15) is 31.2 Å². The largest absolute Gasteiger partial charge is 0.398 e. The Morgan fingerprint density at radius 1 is 1.33 bits per heavy atom. The minimum Gasteiger partial charge on any atom is -0.398 e. The van der Waals surface area contributed by atoms with Gasteiger partial charge in [-0.25, -0.2) is 8.42 Å². The van der Waals surface area contributed by atoms with Crippen LogP contribution < -0.4 is 5.73 Å². The molecule has 2 rings (SSSR count). The molecule has 1 saturated carbocycles. The molecule has 0 bridgehead atoms. The van der Waals surface area contributed by atoms with Crippen LogP contribution in [0, 0.1) is 6.92 Å². The van der Waals surface area contributed by atoms with Crippen molar-refractivity contribution in [3.05, 3.63) is 22.2 Å². The first-order chi connectivity index (χ1) is 9.75. The van der Waals surface area contributed by atoms with Crippen molar-refractivity contribution in [2.45, 2.75) is 49.6 Å². The number of hydrogen-bond donors (Lipinski definition) is 2. The highest BCUT2D eigenvalue weighted by Crippen LogP contribution is 2.31. The topological polar surface area (TPSA) is 83.6 Å². The van der Waals surface area contributed by atoms with E-state index >= 15 is 0 Å². The van der Waals surface area contributed by atoms with Crippen LogP contribution in [-0.4, -0.2) is 37.0 Å². The zero-order valence-corrected chi connectivity index (χ0v) is 14.6. The van der Waals surface area contributed by atoms with Gasteiger partial charge in [-0.1, -0.05) is 12.8 Å². The second-order valence-corrected chi connectivity index (χ2v) is 8.40. The van der Waals surface area contributed by atoms with Gasteiger partial charge in [0.1, 0.15) is 0 Å². The summed E-state index contributed by atoms with van der Waals surface area (Å²) in [5.74, 6) is 0. The maximum Gasteiger partial charge on any atom is 0.243 e. The van der Waals surface area contributed by atoms with Crippen LogP contribution in [0.2, 0.25) is 0 Å². The molecular formula is C14H21BrN2O3S. The van der Waals surface area contributed by atoms with Crippen LogP contribution in [0.3, 0.4) is 0 Å². The number of sulfonamides is 1. The number of hydrogen-bond acceptors (Lipinski definition) is 4. The molecule has 1 fully saturated rings. The minimum atomic E-state index is -3.67. The molecule has 118 valence electrons. The number of likely N-dealkylation sites (N-methyl/N-ethyl adjacent to an activating group) is 1. The van der Waals surface area contributed by atoms with Crippen molar-refractivity contribution in [3.8, 4) is 0 Å². The lowest BCUT2D eigenvalue weighted by Gasteiger charge is -2.34. The van der Waals surface area contributed by atoms with E-state index in [9.17, 15) is 13.5 Å². The van der Waals surface area contributed by atoms with Crippen molar-refractivity contribution < 1.29 is 13.5 Å². The van der Waals surface area contributed by atoms with Crippen LogP contribution in [0.4, 0.5) is 5.69 Å². The first kappa shape index (κ1) is 16.7. The third kappa shape index (κ3) is 3.26. The van der Waals surface area contributed by atoms with Crippen molar-refractivity contribution in [1.82, 2.24) is 4.31 Å². The van der Waals surface area contributed by atoms with Crippen LogP contribution in [0.15, 0.2) is 21.5 Å². The molecule has 0 saturated heterocycles. The van der Waals surface area contributed by atoms with Gasteiger partial charge in [-0.3, -0.25) is 0 Å². The summed E-state index contributed by atoms with van der Waals surface area (Å²) >= 11 is 3.30. The number of nitrogen functional groups attached to an aromatic ring is 1. The van der Waals surface area contributed by atoms with Crippen LogP contribution >= 0.6 is 15.9 Å². The van der Waals surface area contributed by atoms with Gasteiger partial charge in [0.25, 0.3) is 0 Å². The zero-order chi connectivity index (χ0) is 15.8. The molecule has 0 spiro atoms. The Balaban J connectivity index is 2.39. The summed E-state index contributed by atoms with van der Waals surface area (Å²) in [4.78, 5) is 0.198. The molecule has 0 aromatic heterocycles. The zero-order valence-electron chi connectivity index (χ0n) is 12.2. The highest BCUT2D eigenvalue weighted by Gasteiger charge is 2.35. The smallest absolute Gasteiger partial charge is 0.243 e. The minimum absolute atomic E-state index is 0.198. The molecule has 1 aliphatic carbocycles. The fraction of sp³-hybridized carbons (Fsp3) is 0.571. The maximum absolute atomic E-state index is 12.8. The third-order valence-electron chi connectivity index (χ3n) is 4.11. The number of benzene rings is 1. The molecule has 0 aliphatic heterocycles. The summed E-state index contributed by atoms with van der Waals surface area (Å²) < 4.78 is 27.6. The van der Waals surface area contributed by atoms with Gasteiger partial charge in [0.2, 0.25) is 10.0 Å². The Kier molecular flexibility index (Phi) is 4.97. The van der Waals surface area contributed by atoms with Gasteiger partial charge < -0.3 is 10.8 Å². The predicted octanol–water partition coefficient (Wildman–Crippen LogP) is 2.26. The summed E-state index contributed by atoms with van der Waals surface area (Å²) in [6, 6.07) is 2.81. The molecule has 0 radical (unpaired) electrons. The molecule has 0 amide bonds. The van der Waals surface area contributed by atoms with E-state index in [-0.39, 0.29) is 10.9 Å². The van der Waals surface area contributed by atoms with Crippen molar-refractivity contribution >= 4 is 31.6 Å². The number of rotatable bonds is 3. The Bertz CT molecular complexity index is 633. The van der Waals surface area contributed by atoms with Crippen molar-refractivity contribution in [2.24, 2.45) is 0 Å². The van der Waals surface area contributed by atoms with Crippen LogP contribution in [0.25, 0.3) is 0 Å². The third-order valence-corrected chi connectivity index (χ3v) is 6.82. The Hall–Kier alpha value is -0.630. The average molecular weight is 377 g/mol. The molecule has 0 heterocycles. The van der Waals surface area contributed by atoms with E-state index in [0.29, 0.717) is 28.6 Å². The summed E-state index contributed by atoms with van der Waals surface area (Å²) in [7, 11) is -2.14. The van der Waals surface area contributed by atoms with Crippen molar-refractivity contribution in [3.63, 3.8) is 0 Å². The normalized spacial score (nSPS) is 23.5. The van der Waals surface area contributed by atoms with E-state index < -0.39 is 16.1 Å². The fourth-order valence-corrected chi connectivity index (χ4v) is 4.91. The molecule has 21 heavy (non-hydrogen) atoms. The Morgan fingerprint density at radius 2 is 1.95 bits per heavy atom. The van der Waals surface area contributed by atoms with Crippen molar-refractivity contribution in [2.75, 3.05) is 12.8 Å². The Morgan fingerprint density at radius 3 is 2.57 bits per heavy atom. The van der Waals surface area contributed by atoms with Crippen molar-refractivity contribution in [1.29, 1.82) is 0 Å². The molecule has 5 nitrogen and oxygen atoms in total. The molecule has 2 atom stereocenters. The summed E-state index contributed by atoms with van der Waals surface area (Å²) in [5.41, 5.74) is 6.83. The number of halogens is 1. The standard InChI is InChI=1S/C14H21BrN2O3S/c1-9-7-10(15)11(16)8-14(9)21(19,20)17(2)12-5-3-4-6-13(12)18/h7-8,12-13,18H,3-6,16H2,1-2H3. The lowest BCUT2D eigenvalue weighted by molar-refractivity contribution is 0.0638. The quantitative estimate of drug-likeness (QED) is 0.792. The number of aliphatic hydroxyl groups is 1. The number of aryl methyl sites for hydroxylation is 1. The second kappa shape index (κ2) is 6.24. The Labute approximate surface area is 134 Å². The SMILES string of the molecule is Cc1cc(Br)c(N)cc1S(=O)(=O)N(C)C1CCCCC1O.